The van der Waals surface area contributed by atoms with Crippen molar-refractivity contribution >= 4 is 41.0 Å². The van der Waals surface area contributed by atoms with Gasteiger partial charge in [-0.05, 0) is 22.0 Å². The minimum absolute atomic E-state index is 0.153. The number of carbonyl (C=O) groups excluding carboxylic acids is 1. The van der Waals surface area contributed by atoms with E-state index in [9.17, 15) is 4.79 Å². The van der Waals surface area contributed by atoms with Crippen molar-refractivity contribution in [3.8, 4) is 0 Å². The fourth-order valence-corrected chi connectivity index (χ4v) is 1.42. The van der Waals surface area contributed by atoms with Crippen LogP contribution in [0.25, 0.3) is 0 Å². The van der Waals surface area contributed by atoms with Crippen LogP contribution in [-0.4, -0.2) is 37.6 Å². The van der Waals surface area contributed by atoms with Crippen molar-refractivity contribution in [3.05, 3.63) is 28.4 Å². The highest BCUT2D eigenvalue weighted by molar-refractivity contribution is 9.10. The molecule has 0 aliphatic heterocycles. The van der Waals surface area contributed by atoms with Crippen LogP contribution in [-0.2, 0) is 0 Å². The van der Waals surface area contributed by atoms with Gasteiger partial charge in [-0.2, -0.15) is 0 Å². The standard InChI is InChI=1S/C10H13BBrN3O/c1-15(2)4-3-8(16)6-5-7(12)9(11)14-10(6)13/h3-5H,11H2,1-2H3,(H2,13,14)/b4-3+. The molecule has 0 atom stereocenters. The molecule has 0 saturated heterocycles. The van der Waals surface area contributed by atoms with Crippen LogP contribution >= 0.6 is 15.9 Å². The van der Waals surface area contributed by atoms with Gasteiger partial charge in [-0.1, -0.05) is 0 Å². The van der Waals surface area contributed by atoms with Crippen LogP contribution in [0.1, 0.15) is 10.4 Å². The maximum Gasteiger partial charge on any atom is 0.191 e. The Morgan fingerprint density at radius 2 is 2.25 bits per heavy atom. The summed E-state index contributed by atoms with van der Waals surface area (Å²) in [4.78, 5) is 17.6. The van der Waals surface area contributed by atoms with Crippen molar-refractivity contribution in [2.75, 3.05) is 19.8 Å². The molecule has 0 spiro atoms. The lowest BCUT2D eigenvalue weighted by atomic mass is 10.0. The summed E-state index contributed by atoms with van der Waals surface area (Å²) in [5.74, 6) is 0.105. The normalized spacial score (nSPS) is 10.7. The first-order valence-corrected chi connectivity index (χ1v) is 5.52. The fourth-order valence-electron chi connectivity index (χ4n) is 1.10. The number of ketones is 1. The number of anilines is 1. The molecule has 0 unspecified atom stereocenters. The first kappa shape index (κ1) is 12.8. The third-order valence-corrected chi connectivity index (χ3v) is 2.77. The summed E-state index contributed by atoms with van der Waals surface area (Å²) in [7, 11) is 5.51. The summed E-state index contributed by atoms with van der Waals surface area (Å²) in [6.07, 6.45) is 3.14. The molecule has 1 aromatic heterocycles. The predicted molar refractivity (Wildman–Crippen MR) is 71.7 cm³/mol. The third-order valence-electron chi connectivity index (χ3n) is 1.97. The first-order chi connectivity index (χ1) is 7.41. The van der Waals surface area contributed by atoms with Gasteiger partial charge in [0.2, 0.25) is 0 Å². The molecule has 2 N–H and O–H groups in total. The van der Waals surface area contributed by atoms with Crippen LogP contribution in [0.3, 0.4) is 0 Å². The van der Waals surface area contributed by atoms with Crippen molar-refractivity contribution in [3.63, 3.8) is 0 Å². The van der Waals surface area contributed by atoms with Crippen molar-refractivity contribution in [1.29, 1.82) is 0 Å². The molecule has 0 radical (unpaired) electrons. The number of nitrogens with zero attached hydrogens (tertiary/aromatic N) is 2. The number of hydrogen-bond acceptors (Lipinski definition) is 4. The Hall–Kier alpha value is -1.30. The molecule has 0 aliphatic carbocycles. The van der Waals surface area contributed by atoms with Gasteiger partial charge in [0.05, 0.1) is 5.56 Å². The lowest BCUT2D eigenvalue weighted by Gasteiger charge is -2.06. The van der Waals surface area contributed by atoms with Gasteiger partial charge in [0.1, 0.15) is 5.82 Å². The Labute approximate surface area is 104 Å². The quantitative estimate of drug-likeness (QED) is 0.479. The van der Waals surface area contributed by atoms with Crippen LogP contribution in [0.2, 0.25) is 0 Å². The Morgan fingerprint density at radius 1 is 1.62 bits per heavy atom. The van der Waals surface area contributed by atoms with E-state index >= 15 is 0 Å². The number of rotatable bonds is 3. The molecule has 0 aromatic carbocycles. The lowest BCUT2D eigenvalue weighted by Crippen LogP contribution is -2.16. The summed E-state index contributed by atoms with van der Waals surface area (Å²) in [6, 6.07) is 1.69. The molecule has 84 valence electrons. The average molecular weight is 282 g/mol. The Kier molecular flexibility index (Phi) is 4.12. The minimum Gasteiger partial charge on any atom is -0.383 e. The summed E-state index contributed by atoms with van der Waals surface area (Å²) in [6.45, 7) is 0. The van der Waals surface area contributed by atoms with Crippen molar-refractivity contribution < 1.29 is 4.79 Å². The largest absolute Gasteiger partial charge is 0.383 e. The molecular formula is C10H13BBrN3O. The Balaban J connectivity index is 3.05. The van der Waals surface area contributed by atoms with E-state index in [-0.39, 0.29) is 11.6 Å². The molecule has 0 amide bonds. The van der Waals surface area contributed by atoms with Crippen LogP contribution in [0.5, 0.6) is 0 Å². The second kappa shape index (κ2) is 5.16. The van der Waals surface area contributed by atoms with E-state index in [1.54, 1.807) is 17.2 Å². The average Bonchev–Trinajstić information content (AvgIpc) is 2.20. The zero-order valence-corrected chi connectivity index (χ0v) is 11.1. The molecule has 16 heavy (non-hydrogen) atoms. The number of nitrogens with two attached hydrogens (primary N) is 1. The summed E-state index contributed by atoms with van der Waals surface area (Å²) < 4.78 is 0.781. The second-order valence-electron chi connectivity index (χ2n) is 3.63. The number of aromatic nitrogens is 1. The topological polar surface area (TPSA) is 59.2 Å². The number of nitrogen functional groups attached to an aromatic ring is 1. The van der Waals surface area contributed by atoms with Gasteiger partial charge in [0.15, 0.2) is 13.6 Å². The number of halogens is 1. The van der Waals surface area contributed by atoms with Crippen molar-refractivity contribution in [1.82, 2.24) is 9.88 Å². The van der Waals surface area contributed by atoms with Crippen LogP contribution in [0.15, 0.2) is 22.8 Å². The van der Waals surface area contributed by atoms with Gasteiger partial charge >= 0.3 is 0 Å². The molecule has 1 rings (SSSR count). The molecule has 0 aliphatic rings. The number of pyridine rings is 1. The lowest BCUT2D eigenvalue weighted by molar-refractivity contribution is 0.104. The zero-order chi connectivity index (χ0) is 12.3. The number of allylic oxidation sites excluding steroid dienone is 1. The highest BCUT2D eigenvalue weighted by Crippen LogP contribution is 2.14. The summed E-state index contributed by atoms with van der Waals surface area (Å²) in [5, 5.41) is 0. The van der Waals surface area contributed by atoms with Gasteiger partial charge in [0.25, 0.3) is 0 Å². The molecule has 0 saturated carbocycles. The van der Waals surface area contributed by atoms with E-state index in [0.29, 0.717) is 5.56 Å². The fraction of sp³-hybridized carbons (Fsp3) is 0.200. The molecule has 4 nitrogen and oxygen atoms in total. The van der Waals surface area contributed by atoms with Gasteiger partial charge in [-0.3, -0.25) is 4.79 Å². The number of carbonyl (C=O) groups is 1. The molecule has 0 fully saturated rings. The molecule has 6 heteroatoms. The van der Waals surface area contributed by atoms with Crippen LogP contribution in [0, 0.1) is 0 Å². The van der Waals surface area contributed by atoms with Crippen LogP contribution in [0.4, 0.5) is 5.82 Å². The molecule has 1 aromatic rings. The van der Waals surface area contributed by atoms with Gasteiger partial charge in [-0.15, -0.1) is 0 Å². The summed E-state index contributed by atoms with van der Waals surface area (Å²) in [5.41, 5.74) is 6.88. The van der Waals surface area contributed by atoms with E-state index in [4.69, 9.17) is 5.73 Å². The maximum absolute atomic E-state index is 11.8. The SMILES string of the molecule is Bc1nc(N)c(C(=O)/C=C/N(C)C)cc1Br. The van der Waals surface area contributed by atoms with E-state index < -0.39 is 0 Å². The van der Waals surface area contributed by atoms with E-state index in [0.717, 1.165) is 10.1 Å². The van der Waals surface area contributed by atoms with E-state index in [2.05, 4.69) is 20.9 Å². The first-order valence-electron chi connectivity index (χ1n) is 4.73. The minimum atomic E-state index is -0.153. The van der Waals surface area contributed by atoms with Gasteiger partial charge in [0, 0.05) is 36.4 Å². The second-order valence-corrected chi connectivity index (χ2v) is 4.49. The highest BCUT2D eigenvalue weighted by Gasteiger charge is 2.10. The predicted octanol–water partition coefficient (Wildman–Crippen LogP) is -0.0573. The van der Waals surface area contributed by atoms with Crippen molar-refractivity contribution in [2.24, 2.45) is 0 Å². The number of hydrogen-bond donors (Lipinski definition) is 1. The Morgan fingerprint density at radius 3 is 2.81 bits per heavy atom. The highest BCUT2D eigenvalue weighted by atomic mass is 79.9. The third kappa shape index (κ3) is 3.10. The van der Waals surface area contributed by atoms with Gasteiger partial charge < -0.3 is 10.6 Å². The van der Waals surface area contributed by atoms with Gasteiger partial charge in [-0.25, -0.2) is 4.98 Å². The molecular weight excluding hydrogens is 269 g/mol. The Bertz CT molecular complexity index is 446. The smallest absolute Gasteiger partial charge is 0.191 e. The maximum atomic E-state index is 11.8. The molecule has 0 bridgehead atoms. The van der Waals surface area contributed by atoms with E-state index in [1.807, 2.05) is 21.9 Å². The monoisotopic (exact) mass is 281 g/mol. The van der Waals surface area contributed by atoms with Crippen LogP contribution < -0.4 is 11.3 Å². The molecule has 1 heterocycles. The zero-order valence-electron chi connectivity index (χ0n) is 9.49. The van der Waals surface area contributed by atoms with Crippen molar-refractivity contribution in [2.45, 2.75) is 0 Å². The summed E-state index contributed by atoms with van der Waals surface area (Å²) >= 11 is 3.32. The van der Waals surface area contributed by atoms with E-state index in [1.165, 1.54) is 6.08 Å².